The maximum Gasteiger partial charge on any atom is 0.418 e. The highest BCUT2D eigenvalue weighted by atomic mass is 19.4. The maximum atomic E-state index is 13.0. The van der Waals surface area contributed by atoms with Crippen molar-refractivity contribution in [2.24, 2.45) is 5.92 Å². The van der Waals surface area contributed by atoms with E-state index in [-0.39, 0.29) is 36.8 Å². The van der Waals surface area contributed by atoms with Gasteiger partial charge in [-0.2, -0.15) is 31.6 Å². The third-order valence-electron chi connectivity index (χ3n) is 3.81. The van der Waals surface area contributed by atoms with Crippen LogP contribution in [0.3, 0.4) is 0 Å². The summed E-state index contributed by atoms with van der Waals surface area (Å²) in [5.41, 5.74) is -1.23. The quantitative estimate of drug-likeness (QED) is 0.837. The van der Waals surface area contributed by atoms with Crippen molar-refractivity contribution in [3.63, 3.8) is 0 Å². The van der Waals surface area contributed by atoms with E-state index in [1.54, 1.807) is 6.07 Å². The largest absolute Gasteiger partial charge is 0.418 e. The second-order valence-electron chi connectivity index (χ2n) is 5.76. The predicted octanol–water partition coefficient (Wildman–Crippen LogP) is 3.87. The van der Waals surface area contributed by atoms with Gasteiger partial charge in [0.05, 0.1) is 23.7 Å². The molecule has 1 N–H and O–H groups in total. The molecule has 1 aromatic rings. The van der Waals surface area contributed by atoms with Gasteiger partial charge >= 0.3 is 12.4 Å². The molecule has 1 fully saturated rings. The summed E-state index contributed by atoms with van der Waals surface area (Å²) in [5.74, 6) is -0.163. The van der Waals surface area contributed by atoms with Crippen LogP contribution in [-0.4, -0.2) is 37.3 Å². The van der Waals surface area contributed by atoms with Crippen molar-refractivity contribution in [3.05, 3.63) is 29.3 Å². The van der Waals surface area contributed by atoms with Crippen LogP contribution in [0, 0.1) is 17.2 Å². The van der Waals surface area contributed by atoms with Crippen molar-refractivity contribution < 1.29 is 26.3 Å². The van der Waals surface area contributed by atoms with Crippen LogP contribution in [0.4, 0.5) is 32.0 Å². The molecule has 1 atom stereocenters. The van der Waals surface area contributed by atoms with Gasteiger partial charge in [0.25, 0.3) is 0 Å². The molecule has 1 heterocycles. The first-order valence-electron chi connectivity index (χ1n) is 7.23. The fourth-order valence-electron chi connectivity index (χ4n) is 2.73. The Morgan fingerprint density at radius 3 is 2.50 bits per heavy atom. The van der Waals surface area contributed by atoms with Crippen LogP contribution in [-0.2, 0) is 6.18 Å². The Labute approximate surface area is 134 Å². The lowest BCUT2D eigenvalue weighted by Crippen LogP contribution is -2.33. The van der Waals surface area contributed by atoms with Gasteiger partial charge in [-0.05, 0) is 37.1 Å². The zero-order valence-corrected chi connectivity index (χ0v) is 12.5. The molecule has 0 radical (unpaired) electrons. The number of nitrogens with zero attached hydrogens (tertiary/aromatic N) is 2. The molecule has 1 saturated heterocycles. The first-order chi connectivity index (χ1) is 11.1. The third-order valence-corrected chi connectivity index (χ3v) is 3.81. The average molecular weight is 351 g/mol. The van der Waals surface area contributed by atoms with Crippen molar-refractivity contribution >= 4 is 5.69 Å². The Morgan fingerprint density at radius 2 is 1.92 bits per heavy atom. The van der Waals surface area contributed by atoms with Gasteiger partial charge in [-0.3, -0.25) is 4.90 Å². The summed E-state index contributed by atoms with van der Waals surface area (Å²) >= 11 is 0. The fraction of sp³-hybridized carbons (Fsp3) is 0.533. The van der Waals surface area contributed by atoms with E-state index in [0.717, 1.165) is 6.07 Å². The Hall–Kier alpha value is -1.95. The van der Waals surface area contributed by atoms with Crippen LogP contribution in [0.5, 0.6) is 0 Å². The molecule has 9 heteroatoms. The van der Waals surface area contributed by atoms with Gasteiger partial charge in [0.1, 0.15) is 0 Å². The molecular formula is C15H15F6N3. The van der Waals surface area contributed by atoms with Gasteiger partial charge in [-0.25, -0.2) is 0 Å². The molecule has 0 aliphatic carbocycles. The summed E-state index contributed by atoms with van der Waals surface area (Å²) in [4.78, 5) is 1.25. The number of likely N-dealkylation sites (tertiary alicyclic amines) is 1. The van der Waals surface area contributed by atoms with Crippen molar-refractivity contribution in [2.75, 3.05) is 31.5 Å². The molecule has 1 aromatic carbocycles. The number of rotatable bonds is 4. The molecule has 1 unspecified atom stereocenters. The summed E-state index contributed by atoms with van der Waals surface area (Å²) in [6, 6.07) is 4.84. The predicted molar refractivity (Wildman–Crippen MR) is 75.3 cm³/mol. The second kappa shape index (κ2) is 6.89. The topological polar surface area (TPSA) is 39.1 Å². The average Bonchev–Trinajstić information content (AvgIpc) is 2.89. The number of halogens is 6. The van der Waals surface area contributed by atoms with Gasteiger partial charge in [0.15, 0.2) is 0 Å². The van der Waals surface area contributed by atoms with Crippen LogP contribution >= 0.6 is 0 Å². The summed E-state index contributed by atoms with van der Waals surface area (Å²) in [5, 5.41) is 11.4. The Kier molecular flexibility index (Phi) is 5.28. The minimum absolute atomic E-state index is 0.106. The number of hydrogen-bond acceptors (Lipinski definition) is 3. The number of benzene rings is 1. The van der Waals surface area contributed by atoms with E-state index >= 15 is 0 Å². The molecule has 0 aromatic heterocycles. The summed E-state index contributed by atoms with van der Waals surface area (Å²) in [7, 11) is 0. The first-order valence-corrected chi connectivity index (χ1v) is 7.23. The Morgan fingerprint density at radius 1 is 1.21 bits per heavy atom. The minimum Gasteiger partial charge on any atom is -0.384 e. The number of alkyl halides is 6. The molecule has 2 rings (SSSR count). The lowest BCUT2D eigenvalue weighted by molar-refractivity contribution is -0.143. The second-order valence-corrected chi connectivity index (χ2v) is 5.76. The van der Waals surface area contributed by atoms with Gasteiger partial charge in [-0.1, -0.05) is 0 Å². The summed E-state index contributed by atoms with van der Waals surface area (Å²) < 4.78 is 76.1. The van der Waals surface area contributed by atoms with Crippen LogP contribution in [0.25, 0.3) is 0 Å². The molecule has 0 spiro atoms. The van der Waals surface area contributed by atoms with Gasteiger partial charge in [0.2, 0.25) is 0 Å². The van der Waals surface area contributed by atoms with Crippen LogP contribution in [0.2, 0.25) is 0 Å². The Balaban J connectivity index is 1.99. The molecule has 0 bridgehead atoms. The normalized spacial score (nSPS) is 19.3. The highest BCUT2D eigenvalue weighted by molar-refractivity contribution is 5.56. The minimum atomic E-state index is -4.62. The van der Waals surface area contributed by atoms with Crippen LogP contribution < -0.4 is 5.32 Å². The molecular weight excluding hydrogens is 336 g/mol. The van der Waals surface area contributed by atoms with E-state index in [1.165, 1.54) is 17.0 Å². The smallest absolute Gasteiger partial charge is 0.384 e. The summed E-state index contributed by atoms with van der Waals surface area (Å²) in [6.07, 6.45) is -8.41. The SMILES string of the molecule is N#Cc1ccc(NCC2CCN(CC(F)(F)F)C2)c(C(F)(F)F)c1. The molecule has 1 aliphatic heterocycles. The van der Waals surface area contributed by atoms with Crippen LogP contribution in [0.1, 0.15) is 17.5 Å². The zero-order valence-electron chi connectivity index (χ0n) is 12.5. The lowest BCUT2D eigenvalue weighted by atomic mass is 10.1. The number of nitrogens with one attached hydrogen (secondary N) is 1. The van der Waals surface area contributed by atoms with Crippen molar-refractivity contribution in [3.8, 4) is 6.07 Å². The number of nitriles is 1. The monoisotopic (exact) mass is 351 g/mol. The molecule has 24 heavy (non-hydrogen) atoms. The van der Waals surface area contributed by atoms with E-state index < -0.39 is 24.5 Å². The molecule has 3 nitrogen and oxygen atoms in total. The summed E-state index contributed by atoms with van der Waals surface area (Å²) in [6.45, 7) is -0.410. The van der Waals surface area contributed by atoms with E-state index in [1.807, 2.05) is 0 Å². The highest BCUT2D eigenvalue weighted by Crippen LogP contribution is 2.35. The van der Waals surface area contributed by atoms with E-state index in [0.29, 0.717) is 6.42 Å². The first kappa shape index (κ1) is 18.4. The fourth-order valence-corrected chi connectivity index (χ4v) is 2.73. The van der Waals surface area contributed by atoms with Gasteiger partial charge in [-0.15, -0.1) is 0 Å². The standard InChI is InChI=1S/C15H15F6N3/c16-14(17,18)9-24-4-3-11(8-24)7-23-13-2-1-10(6-22)5-12(13)15(19,20)21/h1-2,5,11,23H,3-4,7-9H2. The maximum absolute atomic E-state index is 13.0. The van der Waals surface area contributed by atoms with Crippen molar-refractivity contribution in [2.45, 2.75) is 18.8 Å². The third kappa shape index (κ3) is 5.03. The highest BCUT2D eigenvalue weighted by Gasteiger charge is 2.36. The van der Waals surface area contributed by atoms with E-state index in [9.17, 15) is 26.3 Å². The molecule has 1 aliphatic rings. The van der Waals surface area contributed by atoms with Gasteiger partial charge < -0.3 is 5.32 Å². The van der Waals surface area contributed by atoms with Crippen molar-refractivity contribution in [1.29, 1.82) is 5.26 Å². The molecule has 0 saturated carbocycles. The van der Waals surface area contributed by atoms with Crippen LogP contribution in [0.15, 0.2) is 18.2 Å². The van der Waals surface area contributed by atoms with Crippen molar-refractivity contribution in [1.82, 2.24) is 4.90 Å². The lowest BCUT2D eigenvalue weighted by Gasteiger charge is -2.19. The van der Waals surface area contributed by atoms with E-state index in [4.69, 9.17) is 5.26 Å². The molecule has 0 amide bonds. The Bertz CT molecular complexity index is 617. The van der Waals surface area contributed by atoms with Gasteiger partial charge in [0, 0.05) is 18.8 Å². The van der Waals surface area contributed by atoms with E-state index in [2.05, 4.69) is 5.32 Å². The zero-order chi connectivity index (χ0) is 18.0. The number of anilines is 1. The molecule has 132 valence electrons. The number of hydrogen-bond donors (Lipinski definition) is 1.